The molecule has 0 fully saturated rings. The summed E-state index contributed by atoms with van der Waals surface area (Å²) in [6.07, 6.45) is 0. The van der Waals surface area contributed by atoms with Gasteiger partial charge in [0.05, 0.1) is 19.8 Å². The van der Waals surface area contributed by atoms with Crippen molar-refractivity contribution in [1.82, 2.24) is 0 Å². The molecule has 0 bridgehead atoms. The molecule has 0 aromatic heterocycles. The smallest absolute Gasteiger partial charge is 0.127 e. The summed E-state index contributed by atoms with van der Waals surface area (Å²) in [5.41, 5.74) is 3.19. The van der Waals surface area contributed by atoms with Crippen molar-refractivity contribution >= 4 is 21.6 Å². The predicted molar refractivity (Wildman–Crippen MR) is 85.8 cm³/mol. The lowest BCUT2D eigenvalue weighted by Crippen LogP contribution is -2.04. The Morgan fingerprint density at radius 3 is 2.05 bits per heavy atom. The molecular formula is C16H18BrNO2. The van der Waals surface area contributed by atoms with Gasteiger partial charge in [-0.05, 0) is 48.9 Å². The van der Waals surface area contributed by atoms with Crippen LogP contribution in [0.5, 0.6) is 11.5 Å². The normalized spacial score (nSPS) is 10.2. The molecule has 0 aliphatic rings. The molecule has 0 aliphatic heterocycles. The molecule has 0 atom stereocenters. The maximum Gasteiger partial charge on any atom is 0.127 e. The quantitative estimate of drug-likeness (QED) is 0.879. The summed E-state index contributed by atoms with van der Waals surface area (Å²) >= 11 is 3.43. The van der Waals surface area contributed by atoms with E-state index in [1.54, 1.807) is 14.2 Å². The molecule has 20 heavy (non-hydrogen) atoms. The zero-order valence-corrected chi connectivity index (χ0v) is 13.5. The minimum Gasteiger partial charge on any atom is -0.496 e. The fraction of sp³-hybridized carbons (Fsp3) is 0.250. The molecule has 0 heterocycles. The number of aryl methyl sites for hydroxylation is 1. The number of methoxy groups -OCH3 is 2. The van der Waals surface area contributed by atoms with Crippen LogP contribution < -0.4 is 14.8 Å². The van der Waals surface area contributed by atoms with Crippen molar-refractivity contribution in [2.45, 2.75) is 13.5 Å². The van der Waals surface area contributed by atoms with Crippen molar-refractivity contribution in [3.05, 3.63) is 52.0 Å². The highest BCUT2D eigenvalue weighted by Crippen LogP contribution is 2.31. The lowest BCUT2D eigenvalue weighted by molar-refractivity contribution is 0.386. The number of ether oxygens (including phenoxy) is 2. The lowest BCUT2D eigenvalue weighted by atomic mass is 10.1. The molecule has 0 unspecified atom stereocenters. The average molecular weight is 336 g/mol. The van der Waals surface area contributed by atoms with E-state index in [2.05, 4.69) is 21.2 Å². The van der Waals surface area contributed by atoms with Crippen molar-refractivity contribution in [1.29, 1.82) is 0 Å². The minimum absolute atomic E-state index is 0.647. The zero-order valence-electron chi connectivity index (χ0n) is 11.9. The van der Waals surface area contributed by atoms with E-state index in [0.717, 1.165) is 32.8 Å². The summed E-state index contributed by atoms with van der Waals surface area (Å²) in [5, 5.41) is 3.38. The molecule has 0 amide bonds. The highest BCUT2D eigenvalue weighted by Gasteiger charge is 2.11. The van der Waals surface area contributed by atoms with E-state index in [-0.39, 0.29) is 0 Å². The Labute approximate surface area is 128 Å². The summed E-state index contributed by atoms with van der Waals surface area (Å²) in [6, 6.07) is 12.1. The van der Waals surface area contributed by atoms with E-state index in [9.17, 15) is 0 Å². The minimum atomic E-state index is 0.647. The molecule has 106 valence electrons. The van der Waals surface area contributed by atoms with Crippen LogP contribution in [0, 0.1) is 6.92 Å². The highest BCUT2D eigenvalue weighted by atomic mass is 79.9. The second-order valence-electron chi connectivity index (χ2n) is 4.51. The molecule has 4 heteroatoms. The number of halogens is 1. The molecule has 0 radical (unpaired) electrons. The van der Waals surface area contributed by atoms with E-state index in [4.69, 9.17) is 9.47 Å². The molecule has 0 aliphatic carbocycles. The maximum absolute atomic E-state index is 5.45. The van der Waals surface area contributed by atoms with Crippen LogP contribution in [-0.2, 0) is 6.54 Å². The van der Waals surface area contributed by atoms with Crippen molar-refractivity contribution in [3.8, 4) is 11.5 Å². The van der Waals surface area contributed by atoms with Gasteiger partial charge in [-0.15, -0.1) is 0 Å². The van der Waals surface area contributed by atoms with Gasteiger partial charge in [0.2, 0.25) is 0 Å². The van der Waals surface area contributed by atoms with Gasteiger partial charge in [0.15, 0.2) is 0 Å². The molecule has 3 nitrogen and oxygen atoms in total. The summed E-state index contributed by atoms with van der Waals surface area (Å²) in [4.78, 5) is 0. The van der Waals surface area contributed by atoms with Gasteiger partial charge in [0, 0.05) is 16.7 Å². The van der Waals surface area contributed by atoms with Gasteiger partial charge in [0.25, 0.3) is 0 Å². The van der Waals surface area contributed by atoms with E-state index < -0.39 is 0 Å². The predicted octanol–water partition coefficient (Wildman–Crippen LogP) is 4.39. The number of benzene rings is 2. The third-order valence-electron chi connectivity index (χ3n) is 3.07. The third-order valence-corrected chi connectivity index (χ3v) is 3.59. The second-order valence-corrected chi connectivity index (χ2v) is 5.42. The van der Waals surface area contributed by atoms with Crippen LogP contribution in [-0.4, -0.2) is 14.2 Å². The number of nitrogens with one attached hydrogen (secondary N) is 1. The Morgan fingerprint density at radius 1 is 1.00 bits per heavy atom. The third kappa shape index (κ3) is 3.45. The summed E-state index contributed by atoms with van der Waals surface area (Å²) in [5.74, 6) is 1.68. The van der Waals surface area contributed by atoms with Crippen LogP contribution >= 0.6 is 15.9 Å². The molecule has 2 rings (SSSR count). The van der Waals surface area contributed by atoms with E-state index in [0.29, 0.717) is 6.54 Å². The van der Waals surface area contributed by atoms with Gasteiger partial charge in [-0.1, -0.05) is 15.9 Å². The van der Waals surface area contributed by atoms with Gasteiger partial charge in [-0.25, -0.2) is 0 Å². The zero-order chi connectivity index (χ0) is 14.5. The van der Waals surface area contributed by atoms with Gasteiger partial charge < -0.3 is 14.8 Å². The van der Waals surface area contributed by atoms with Crippen LogP contribution in [0.25, 0.3) is 0 Å². The fourth-order valence-electron chi connectivity index (χ4n) is 2.05. The van der Waals surface area contributed by atoms with Gasteiger partial charge in [0.1, 0.15) is 11.5 Å². The van der Waals surface area contributed by atoms with Crippen LogP contribution in [0.15, 0.2) is 40.9 Å². The SMILES string of the molecule is COc1cc(C)cc(OC)c1CNc1ccc(Br)cc1. The van der Waals surface area contributed by atoms with Crippen LogP contribution in [0.3, 0.4) is 0 Å². The summed E-state index contributed by atoms with van der Waals surface area (Å²) in [7, 11) is 3.36. The Morgan fingerprint density at radius 2 is 1.55 bits per heavy atom. The van der Waals surface area contributed by atoms with Crippen molar-refractivity contribution in [2.24, 2.45) is 0 Å². The monoisotopic (exact) mass is 335 g/mol. The van der Waals surface area contributed by atoms with Crippen LogP contribution in [0.2, 0.25) is 0 Å². The first kappa shape index (κ1) is 14.7. The Balaban J connectivity index is 2.21. The molecule has 2 aromatic carbocycles. The first-order chi connectivity index (χ1) is 9.63. The lowest BCUT2D eigenvalue weighted by Gasteiger charge is -2.15. The second kappa shape index (κ2) is 6.66. The van der Waals surface area contributed by atoms with Crippen molar-refractivity contribution < 1.29 is 9.47 Å². The molecule has 0 spiro atoms. The van der Waals surface area contributed by atoms with E-state index in [1.165, 1.54) is 0 Å². The topological polar surface area (TPSA) is 30.5 Å². The Kier molecular flexibility index (Phi) is 4.90. The van der Waals surface area contributed by atoms with Gasteiger partial charge in [-0.2, -0.15) is 0 Å². The molecular weight excluding hydrogens is 318 g/mol. The number of anilines is 1. The summed E-state index contributed by atoms with van der Waals surface area (Å²) in [6.45, 7) is 2.67. The first-order valence-corrected chi connectivity index (χ1v) is 7.14. The molecule has 0 saturated carbocycles. The van der Waals surface area contributed by atoms with Crippen molar-refractivity contribution in [2.75, 3.05) is 19.5 Å². The molecule has 1 N–H and O–H groups in total. The number of rotatable bonds is 5. The van der Waals surface area contributed by atoms with Gasteiger partial charge >= 0.3 is 0 Å². The maximum atomic E-state index is 5.45. The molecule has 0 saturated heterocycles. The Hall–Kier alpha value is -1.68. The standard InChI is InChI=1S/C16H18BrNO2/c1-11-8-15(19-2)14(16(9-11)20-3)10-18-13-6-4-12(17)5-7-13/h4-9,18H,10H2,1-3H3. The fourth-order valence-corrected chi connectivity index (χ4v) is 2.31. The first-order valence-electron chi connectivity index (χ1n) is 6.35. The Bertz CT molecular complexity index is 557. The van der Waals surface area contributed by atoms with Crippen LogP contribution in [0.4, 0.5) is 5.69 Å². The average Bonchev–Trinajstić information content (AvgIpc) is 2.46. The van der Waals surface area contributed by atoms with Crippen LogP contribution in [0.1, 0.15) is 11.1 Å². The summed E-state index contributed by atoms with van der Waals surface area (Å²) < 4.78 is 12.0. The molecule has 2 aromatic rings. The van der Waals surface area contributed by atoms with E-state index in [1.807, 2.05) is 43.3 Å². The number of hydrogen-bond acceptors (Lipinski definition) is 3. The van der Waals surface area contributed by atoms with Crippen molar-refractivity contribution in [3.63, 3.8) is 0 Å². The highest BCUT2D eigenvalue weighted by molar-refractivity contribution is 9.10. The van der Waals surface area contributed by atoms with Gasteiger partial charge in [-0.3, -0.25) is 0 Å². The number of hydrogen-bond donors (Lipinski definition) is 1. The largest absolute Gasteiger partial charge is 0.496 e. The van der Waals surface area contributed by atoms with E-state index >= 15 is 0 Å².